The van der Waals surface area contributed by atoms with E-state index in [1.54, 1.807) is 7.11 Å². The van der Waals surface area contributed by atoms with E-state index < -0.39 is 5.41 Å². The van der Waals surface area contributed by atoms with Crippen LogP contribution in [0.5, 0.6) is 0 Å². The Morgan fingerprint density at radius 2 is 1.48 bits per heavy atom. The molecule has 0 saturated carbocycles. The number of ether oxygens (including phenoxy) is 1. The largest absolute Gasteiger partial charge is 0.379 e. The molecule has 4 nitrogen and oxygen atoms in total. The molecule has 1 fully saturated rings. The highest BCUT2D eigenvalue weighted by molar-refractivity contribution is 5.90. The van der Waals surface area contributed by atoms with Crippen molar-refractivity contribution >= 4 is 5.91 Å². The van der Waals surface area contributed by atoms with Gasteiger partial charge in [-0.15, -0.1) is 0 Å². The van der Waals surface area contributed by atoms with Crippen LogP contribution in [-0.4, -0.2) is 42.6 Å². The SMILES string of the molecule is COC1CN(C(C)(C)CCC(C(N)=O)(c2ccccc2)c2ccccc2)C1. The summed E-state index contributed by atoms with van der Waals surface area (Å²) in [6.45, 7) is 6.34. The van der Waals surface area contributed by atoms with Crippen LogP contribution in [0.15, 0.2) is 60.7 Å². The van der Waals surface area contributed by atoms with Gasteiger partial charge in [-0.05, 0) is 37.8 Å². The van der Waals surface area contributed by atoms with Crippen LogP contribution >= 0.6 is 0 Å². The fourth-order valence-electron chi connectivity index (χ4n) is 4.04. The minimum absolute atomic E-state index is 0.0285. The Kier molecular flexibility index (Phi) is 5.68. The summed E-state index contributed by atoms with van der Waals surface area (Å²) >= 11 is 0. The second kappa shape index (κ2) is 7.83. The molecule has 0 aliphatic carbocycles. The van der Waals surface area contributed by atoms with E-state index in [9.17, 15) is 4.79 Å². The number of hydrogen-bond donors (Lipinski definition) is 1. The lowest BCUT2D eigenvalue weighted by Gasteiger charge is -2.49. The van der Waals surface area contributed by atoms with Crippen molar-refractivity contribution in [2.75, 3.05) is 20.2 Å². The van der Waals surface area contributed by atoms with E-state index in [0.717, 1.165) is 30.6 Å². The Balaban J connectivity index is 1.92. The molecule has 1 saturated heterocycles. The van der Waals surface area contributed by atoms with Gasteiger partial charge in [0.15, 0.2) is 0 Å². The van der Waals surface area contributed by atoms with Crippen LogP contribution in [0.25, 0.3) is 0 Å². The van der Waals surface area contributed by atoms with Gasteiger partial charge >= 0.3 is 0 Å². The van der Waals surface area contributed by atoms with Crippen molar-refractivity contribution in [1.29, 1.82) is 0 Å². The van der Waals surface area contributed by atoms with Crippen molar-refractivity contribution in [3.05, 3.63) is 71.8 Å². The standard InChI is InChI=1S/C23H30N2O2/c1-22(2,25-16-20(17-25)27-3)14-15-23(21(24)26,18-10-6-4-7-11-18)19-12-8-5-9-13-19/h4-13,20H,14-17H2,1-3H3,(H2,24,26). The van der Waals surface area contributed by atoms with Crippen LogP contribution in [0.3, 0.4) is 0 Å². The third-order valence-electron chi connectivity index (χ3n) is 6.10. The average Bonchev–Trinajstić information content (AvgIpc) is 2.62. The lowest BCUT2D eigenvalue weighted by Crippen LogP contribution is -2.61. The maximum absolute atomic E-state index is 12.9. The number of carbonyl (C=O) groups is 1. The average molecular weight is 367 g/mol. The van der Waals surface area contributed by atoms with Crippen LogP contribution in [0.1, 0.15) is 37.8 Å². The van der Waals surface area contributed by atoms with E-state index in [4.69, 9.17) is 10.5 Å². The molecule has 4 heteroatoms. The van der Waals surface area contributed by atoms with Crippen molar-refractivity contribution in [2.45, 2.75) is 43.7 Å². The van der Waals surface area contributed by atoms with Gasteiger partial charge in [0.25, 0.3) is 0 Å². The summed E-state index contributed by atoms with van der Waals surface area (Å²) in [6, 6.07) is 19.9. The van der Waals surface area contributed by atoms with Gasteiger partial charge in [-0.1, -0.05) is 60.7 Å². The number of hydrogen-bond acceptors (Lipinski definition) is 3. The Bertz CT molecular complexity index is 713. The van der Waals surface area contributed by atoms with E-state index >= 15 is 0 Å². The lowest BCUT2D eigenvalue weighted by atomic mass is 9.69. The Labute approximate surface area is 162 Å². The molecule has 1 aliphatic heterocycles. The molecule has 1 heterocycles. The Hall–Kier alpha value is -2.17. The van der Waals surface area contributed by atoms with Crippen LogP contribution in [-0.2, 0) is 14.9 Å². The highest BCUT2D eigenvalue weighted by Crippen LogP contribution is 2.40. The first-order valence-corrected chi connectivity index (χ1v) is 9.59. The van der Waals surface area contributed by atoms with Gasteiger partial charge in [-0.2, -0.15) is 0 Å². The molecule has 0 unspecified atom stereocenters. The van der Waals surface area contributed by atoms with Gasteiger partial charge in [-0.3, -0.25) is 9.69 Å². The summed E-state index contributed by atoms with van der Waals surface area (Å²) in [5.74, 6) is -0.297. The molecule has 3 rings (SSSR count). The molecule has 0 spiro atoms. The summed E-state index contributed by atoms with van der Waals surface area (Å²) in [7, 11) is 1.76. The summed E-state index contributed by atoms with van der Waals surface area (Å²) in [6.07, 6.45) is 1.83. The highest BCUT2D eigenvalue weighted by atomic mass is 16.5. The molecule has 2 aromatic carbocycles. The first kappa shape index (κ1) is 19.6. The third kappa shape index (κ3) is 3.78. The second-order valence-corrected chi connectivity index (χ2v) is 8.08. The first-order chi connectivity index (χ1) is 12.9. The molecule has 27 heavy (non-hydrogen) atoms. The quantitative estimate of drug-likeness (QED) is 0.779. The Morgan fingerprint density at radius 3 is 1.89 bits per heavy atom. The van der Waals surface area contributed by atoms with Gasteiger partial charge in [0.1, 0.15) is 0 Å². The number of primary amides is 1. The zero-order chi connectivity index (χ0) is 19.5. The van der Waals surface area contributed by atoms with Crippen molar-refractivity contribution < 1.29 is 9.53 Å². The summed E-state index contributed by atoms with van der Waals surface area (Å²) in [5.41, 5.74) is 7.11. The number of methoxy groups -OCH3 is 1. The second-order valence-electron chi connectivity index (χ2n) is 8.08. The van der Waals surface area contributed by atoms with E-state index in [-0.39, 0.29) is 11.4 Å². The van der Waals surface area contributed by atoms with Crippen LogP contribution in [0.4, 0.5) is 0 Å². The van der Waals surface area contributed by atoms with Gasteiger partial charge in [-0.25, -0.2) is 0 Å². The highest BCUT2D eigenvalue weighted by Gasteiger charge is 2.44. The predicted molar refractivity (Wildman–Crippen MR) is 109 cm³/mol. The van der Waals surface area contributed by atoms with Crippen molar-refractivity contribution in [1.82, 2.24) is 4.90 Å². The zero-order valence-corrected chi connectivity index (χ0v) is 16.5. The molecular formula is C23H30N2O2. The Morgan fingerprint density at radius 1 is 1.00 bits per heavy atom. The lowest BCUT2D eigenvalue weighted by molar-refractivity contribution is -0.123. The number of nitrogens with zero attached hydrogens (tertiary/aromatic N) is 1. The third-order valence-corrected chi connectivity index (χ3v) is 6.10. The molecule has 1 aliphatic rings. The molecule has 144 valence electrons. The van der Waals surface area contributed by atoms with Crippen molar-refractivity contribution in [3.8, 4) is 0 Å². The van der Waals surface area contributed by atoms with Crippen LogP contribution in [0, 0.1) is 0 Å². The fourth-order valence-corrected chi connectivity index (χ4v) is 4.04. The maximum Gasteiger partial charge on any atom is 0.232 e. The minimum atomic E-state index is -0.828. The van der Waals surface area contributed by atoms with Crippen LogP contribution < -0.4 is 5.73 Å². The fraction of sp³-hybridized carbons (Fsp3) is 0.435. The number of benzene rings is 2. The normalized spacial score (nSPS) is 16.1. The van der Waals surface area contributed by atoms with Gasteiger partial charge < -0.3 is 10.5 Å². The maximum atomic E-state index is 12.9. The van der Waals surface area contributed by atoms with E-state index in [2.05, 4.69) is 18.7 Å². The van der Waals surface area contributed by atoms with E-state index in [0.29, 0.717) is 12.5 Å². The smallest absolute Gasteiger partial charge is 0.232 e. The van der Waals surface area contributed by atoms with E-state index in [1.165, 1.54) is 0 Å². The minimum Gasteiger partial charge on any atom is -0.379 e. The zero-order valence-electron chi connectivity index (χ0n) is 16.5. The van der Waals surface area contributed by atoms with Gasteiger partial charge in [0.05, 0.1) is 11.5 Å². The monoisotopic (exact) mass is 366 g/mol. The van der Waals surface area contributed by atoms with Gasteiger partial charge in [0.2, 0.25) is 5.91 Å². The molecule has 0 bridgehead atoms. The summed E-state index contributed by atoms with van der Waals surface area (Å²) in [4.78, 5) is 15.3. The number of amides is 1. The molecular weight excluding hydrogens is 336 g/mol. The number of likely N-dealkylation sites (tertiary alicyclic amines) is 1. The van der Waals surface area contributed by atoms with Crippen LogP contribution in [0.2, 0.25) is 0 Å². The topological polar surface area (TPSA) is 55.6 Å². The summed E-state index contributed by atoms with van der Waals surface area (Å²) in [5, 5.41) is 0. The molecule has 2 aromatic rings. The molecule has 0 radical (unpaired) electrons. The van der Waals surface area contributed by atoms with Gasteiger partial charge in [0, 0.05) is 25.7 Å². The predicted octanol–water partition coefficient (Wildman–Crippen LogP) is 3.35. The summed E-state index contributed by atoms with van der Waals surface area (Å²) < 4.78 is 5.42. The van der Waals surface area contributed by atoms with E-state index in [1.807, 2.05) is 60.7 Å². The molecule has 0 aromatic heterocycles. The first-order valence-electron chi connectivity index (χ1n) is 9.59. The van der Waals surface area contributed by atoms with Crippen molar-refractivity contribution in [3.63, 3.8) is 0 Å². The molecule has 1 amide bonds. The molecule has 0 atom stereocenters. The molecule has 2 N–H and O–H groups in total. The number of nitrogens with two attached hydrogens (primary N) is 1. The van der Waals surface area contributed by atoms with Crippen molar-refractivity contribution in [2.24, 2.45) is 5.73 Å². The number of carbonyl (C=O) groups excluding carboxylic acids is 1. The number of rotatable bonds is 8.